The molecule has 154 valence electrons. The zero-order valence-corrected chi connectivity index (χ0v) is 17.4. The number of rotatable bonds is 6. The molecule has 30 heavy (non-hydrogen) atoms. The zero-order valence-electron chi connectivity index (χ0n) is 17.4. The van der Waals surface area contributed by atoms with Crippen LogP contribution in [0.15, 0.2) is 54.6 Å². The molecule has 4 rings (SSSR count). The highest BCUT2D eigenvalue weighted by atomic mass is 16.5. The van der Waals surface area contributed by atoms with Crippen LogP contribution in [0.25, 0.3) is 5.69 Å². The molecule has 3 aromatic rings. The maximum Gasteiger partial charge on any atom is 0.357 e. The summed E-state index contributed by atoms with van der Waals surface area (Å²) in [6, 6.07) is 17.0. The molecule has 1 fully saturated rings. The van der Waals surface area contributed by atoms with Gasteiger partial charge in [0.2, 0.25) is 0 Å². The number of aryl methyl sites for hydroxylation is 2. The lowest BCUT2D eigenvalue weighted by Crippen LogP contribution is -2.31. The fourth-order valence-corrected chi connectivity index (χ4v) is 3.40. The number of esters is 1. The number of carbonyl (C=O) groups is 2. The summed E-state index contributed by atoms with van der Waals surface area (Å²) in [5.41, 5.74) is 4.66. The van der Waals surface area contributed by atoms with Gasteiger partial charge in [-0.3, -0.25) is 4.79 Å². The molecule has 6 heteroatoms. The molecule has 0 aliphatic heterocycles. The lowest BCUT2D eigenvalue weighted by molar-refractivity contribution is -0.123. The van der Waals surface area contributed by atoms with E-state index in [4.69, 9.17) is 4.74 Å². The number of para-hydroxylation sites is 2. The summed E-state index contributed by atoms with van der Waals surface area (Å²) in [6.45, 7) is 5.43. The lowest BCUT2D eigenvalue weighted by Gasteiger charge is -2.16. The van der Waals surface area contributed by atoms with Gasteiger partial charge < -0.3 is 10.1 Å². The van der Waals surface area contributed by atoms with Crippen molar-refractivity contribution < 1.29 is 14.3 Å². The van der Waals surface area contributed by atoms with E-state index in [-0.39, 0.29) is 5.91 Å². The van der Waals surface area contributed by atoms with Crippen LogP contribution in [0.1, 0.15) is 53.0 Å². The quantitative estimate of drug-likeness (QED) is 0.613. The normalized spacial score (nSPS) is 14.2. The molecule has 1 aromatic heterocycles. The molecule has 1 aliphatic carbocycles. The van der Waals surface area contributed by atoms with Gasteiger partial charge in [-0.1, -0.05) is 36.4 Å². The number of anilines is 1. The number of ether oxygens (including phenoxy) is 1. The summed E-state index contributed by atoms with van der Waals surface area (Å²) in [5, 5.41) is 7.50. The molecule has 6 nitrogen and oxygen atoms in total. The van der Waals surface area contributed by atoms with Crippen LogP contribution in [-0.2, 0) is 9.53 Å². The first-order valence-electron chi connectivity index (χ1n) is 10.2. The van der Waals surface area contributed by atoms with Crippen LogP contribution in [-0.4, -0.2) is 27.8 Å². The second-order valence-corrected chi connectivity index (χ2v) is 7.78. The maximum absolute atomic E-state index is 12.9. The Morgan fingerprint density at radius 3 is 2.37 bits per heavy atom. The molecule has 2 aromatic carbocycles. The summed E-state index contributed by atoms with van der Waals surface area (Å²) in [4.78, 5) is 25.6. The van der Waals surface area contributed by atoms with Crippen LogP contribution in [0.2, 0.25) is 0 Å². The van der Waals surface area contributed by atoms with Crippen LogP contribution in [0.3, 0.4) is 0 Å². The van der Waals surface area contributed by atoms with Crippen molar-refractivity contribution in [2.24, 2.45) is 0 Å². The smallest absolute Gasteiger partial charge is 0.357 e. The van der Waals surface area contributed by atoms with Crippen molar-refractivity contribution in [3.05, 3.63) is 77.1 Å². The van der Waals surface area contributed by atoms with Gasteiger partial charge in [0.1, 0.15) is 0 Å². The van der Waals surface area contributed by atoms with Crippen molar-refractivity contribution in [3.63, 3.8) is 0 Å². The van der Waals surface area contributed by atoms with Crippen molar-refractivity contribution >= 4 is 17.6 Å². The van der Waals surface area contributed by atoms with Crippen LogP contribution >= 0.6 is 0 Å². The summed E-state index contributed by atoms with van der Waals surface area (Å²) in [7, 11) is 0. The highest BCUT2D eigenvalue weighted by Crippen LogP contribution is 2.39. The van der Waals surface area contributed by atoms with Crippen molar-refractivity contribution in [2.45, 2.75) is 45.6 Å². The molecule has 0 saturated heterocycles. The number of benzene rings is 2. The fourth-order valence-electron chi connectivity index (χ4n) is 3.40. The molecule has 1 amide bonds. The second kappa shape index (κ2) is 8.14. The summed E-state index contributed by atoms with van der Waals surface area (Å²) >= 11 is 0. The van der Waals surface area contributed by atoms with Gasteiger partial charge in [0.25, 0.3) is 5.91 Å². The van der Waals surface area contributed by atoms with Crippen LogP contribution < -0.4 is 5.32 Å². The number of nitrogens with zero attached hydrogens (tertiary/aromatic N) is 2. The lowest BCUT2D eigenvalue weighted by atomic mass is 10.1. The van der Waals surface area contributed by atoms with Crippen LogP contribution in [0, 0.1) is 13.8 Å². The Hall–Kier alpha value is -3.41. The largest absolute Gasteiger partial charge is 0.448 e. The molecule has 0 spiro atoms. The van der Waals surface area contributed by atoms with Crippen molar-refractivity contribution in [3.8, 4) is 5.69 Å². The minimum Gasteiger partial charge on any atom is -0.448 e. The van der Waals surface area contributed by atoms with Gasteiger partial charge in [-0.2, -0.15) is 5.10 Å². The first-order chi connectivity index (χ1) is 14.4. The molecule has 1 aliphatic rings. The van der Waals surface area contributed by atoms with E-state index in [9.17, 15) is 9.59 Å². The first kappa shape index (κ1) is 19.9. The minimum absolute atomic E-state index is 0.329. The molecule has 1 heterocycles. The third-order valence-corrected chi connectivity index (χ3v) is 5.32. The molecule has 1 N–H and O–H groups in total. The van der Waals surface area contributed by atoms with Gasteiger partial charge in [-0.05, 0) is 62.9 Å². The van der Waals surface area contributed by atoms with Gasteiger partial charge in [0, 0.05) is 11.6 Å². The Labute approximate surface area is 175 Å². The number of aromatic nitrogens is 2. The van der Waals surface area contributed by atoms with Gasteiger partial charge in [-0.15, -0.1) is 0 Å². The van der Waals surface area contributed by atoms with E-state index >= 15 is 0 Å². The van der Waals surface area contributed by atoms with E-state index in [1.807, 2.05) is 62.4 Å². The molecule has 0 unspecified atom stereocenters. The van der Waals surface area contributed by atoms with Crippen molar-refractivity contribution in [1.82, 2.24) is 9.78 Å². The van der Waals surface area contributed by atoms with E-state index in [1.54, 1.807) is 17.7 Å². The minimum atomic E-state index is -0.944. The third-order valence-electron chi connectivity index (χ3n) is 5.32. The highest BCUT2D eigenvalue weighted by molar-refractivity contribution is 5.98. The highest BCUT2D eigenvalue weighted by Gasteiger charge is 2.30. The number of hydrogen-bond donors (Lipinski definition) is 1. The second-order valence-electron chi connectivity index (χ2n) is 7.78. The molecule has 0 bridgehead atoms. The van der Waals surface area contributed by atoms with Gasteiger partial charge in [0.05, 0.1) is 11.4 Å². The summed E-state index contributed by atoms with van der Waals surface area (Å²) in [5.74, 6) is -0.539. The van der Waals surface area contributed by atoms with Crippen molar-refractivity contribution in [1.29, 1.82) is 0 Å². The van der Waals surface area contributed by atoms with Crippen LogP contribution in [0.5, 0.6) is 0 Å². The van der Waals surface area contributed by atoms with E-state index in [0.29, 0.717) is 11.6 Å². The molecular weight excluding hydrogens is 378 g/mol. The average molecular weight is 403 g/mol. The topological polar surface area (TPSA) is 73.2 Å². The number of nitrogens with one attached hydrogen (secondary N) is 1. The number of carbonyl (C=O) groups excluding carboxylic acids is 2. The molecular formula is C24H25N3O3. The van der Waals surface area contributed by atoms with Crippen LogP contribution in [0.4, 0.5) is 5.69 Å². The SMILES string of the molecule is Cc1cccc(C)c1NC(=O)[C@H](C)OC(=O)c1cc(C2CC2)nn1-c1ccccc1. The Morgan fingerprint density at radius 2 is 1.73 bits per heavy atom. The predicted octanol–water partition coefficient (Wildman–Crippen LogP) is 4.55. The fraction of sp³-hybridized carbons (Fsp3) is 0.292. The summed E-state index contributed by atoms with van der Waals surface area (Å²) in [6.07, 6.45) is 1.21. The third kappa shape index (κ3) is 4.13. The molecule has 1 atom stereocenters. The summed E-state index contributed by atoms with van der Waals surface area (Å²) < 4.78 is 7.12. The molecule has 0 radical (unpaired) electrons. The average Bonchev–Trinajstić information content (AvgIpc) is 3.49. The molecule has 1 saturated carbocycles. The predicted molar refractivity (Wildman–Crippen MR) is 115 cm³/mol. The van der Waals surface area contributed by atoms with E-state index in [2.05, 4.69) is 10.4 Å². The van der Waals surface area contributed by atoms with Gasteiger partial charge in [-0.25, -0.2) is 9.48 Å². The van der Waals surface area contributed by atoms with E-state index in [1.165, 1.54) is 0 Å². The van der Waals surface area contributed by atoms with Gasteiger partial charge in [0.15, 0.2) is 11.8 Å². The van der Waals surface area contributed by atoms with E-state index < -0.39 is 12.1 Å². The Bertz CT molecular complexity index is 1060. The Balaban J connectivity index is 1.53. The zero-order chi connectivity index (χ0) is 21.3. The maximum atomic E-state index is 12.9. The van der Waals surface area contributed by atoms with E-state index in [0.717, 1.165) is 41.0 Å². The van der Waals surface area contributed by atoms with Gasteiger partial charge >= 0.3 is 5.97 Å². The standard InChI is InChI=1S/C24H25N3O3/c1-15-8-7-9-16(2)22(15)25-23(28)17(3)30-24(29)21-14-20(18-12-13-18)26-27(21)19-10-5-4-6-11-19/h4-11,14,17-18H,12-13H2,1-3H3,(H,25,28)/t17-/m0/s1. The monoisotopic (exact) mass is 403 g/mol. The Morgan fingerprint density at radius 1 is 1.07 bits per heavy atom. The number of amides is 1. The first-order valence-corrected chi connectivity index (χ1v) is 10.2. The van der Waals surface area contributed by atoms with Crippen molar-refractivity contribution in [2.75, 3.05) is 5.32 Å². The number of hydrogen-bond acceptors (Lipinski definition) is 4. The Kier molecular flexibility index (Phi) is 5.40.